The number of hydrogen-bond donors (Lipinski definition) is 5. The highest BCUT2D eigenvalue weighted by atomic mass is 32.2. The number of nitrogens with one attached hydrogen (secondary N) is 3. The van der Waals surface area contributed by atoms with Crippen molar-refractivity contribution in [1.82, 2.24) is 19.9 Å². The molecule has 0 aliphatic heterocycles. The Bertz CT molecular complexity index is 1220. The van der Waals surface area contributed by atoms with Crippen molar-refractivity contribution in [3.05, 3.63) is 42.7 Å². The van der Waals surface area contributed by atoms with Crippen LogP contribution >= 0.6 is 0 Å². The van der Waals surface area contributed by atoms with Crippen LogP contribution in [0.5, 0.6) is 0 Å². The fourth-order valence-corrected chi connectivity index (χ4v) is 3.63. The van der Waals surface area contributed by atoms with Gasteiger partial charge in [-0.2, -0.15) is 9.97 Å². The number of H-pyrrole nitrogens is 1. The molecule has 0 bridgehead atoms. The van der Waals surface area contributed by atoms with Gasteiger partial charge in [-0.1, -0.05) is 25.1 Å². The van der Waals surface area contributed by atoms with Gasteiger partial charge in [-0.05, 0) is 31.0 Å². The maximum Gasteiger partial charge on any atom is 0.238 e. The van der Waals surface area contributed by atoms with Gasteiger partial charge in [0.1, 0.15) is 5.52 Å². The topological polar surface area (TPSA) is 182 Å². The lowest BCUT2D eigenvalue weighted by Gasteiger charge is -2.23. The third-order valence-corrected chi connectivity index (χ3v) is 5.49. The second-order valence-electron chi connectivity index (χ2n) is 7.00. The summed E-state index contributed by atoms with van der Waals surface area (Å²) in [6, 6.07) is 5.67. The van der Waals surface area contributed by atoms with E-state index in [2.05, 4.69) is 30.6 Å². The molecule has 164 valence electrons. The van der Waals surface area contributed by atoms with Crippen molar-refractivity contribution in [2.75, 3.05) is 10.6 Å². The minimum atomic E-state index is -3.85. The van der Waals surface area contributed by atoms with Crippen molar-refractivity contribution in [2.24, 2.45) is 16.8 Å². The van der Waals surface area contributed by atoms with Gasteiger partial charge in [0.25, 0.3) is 0 Å². The van der Waals surface area contributed by atoms with E-state index in [0.29, 0.717) is 22.7 Å². The van der Waals surface area contributed by atoms with Crippen molar-refractivity contribution in [3.63, 3.8) is 0 Å². The molecule has 3 rings (SSSR count). The van der Waals surface area contributed by atoms with Gasteiger partial charge in [0.05, 0.1) is 11.2 Å². The first-order valence-electron chi connectivity index (χ1n) is 9.46. The lowest BCUT2D eigenvalue weighted by atomic mass is 9.98. The Morgan fingerprint density at radius 3 is 2.77 bits per heavy atom. The van der Waals surface area contributed by atoms with Crippen molar-refractivity contribution in [2.45, 2.75) is 31.2 Å². The highest BCUT2D eigenvalue weighted by molar-refractivity contribution is 7.89. The van der Waals surface area contributed by atoms with Crippen LogP contribution in [0, 0.1) is 5.92 Å². The lowest BCUT2D eigenvalue weighted by molar-refractivity contribution is -0.118. The number of rotatable bonds is 9. The van der Waals surface area contributed by atoms with Gasteiger partial charge >= 0.3 is 0 Å². The summed E-state index contributed by atoms with van der Waals surface area (Å²) in [6.45, 7) is 3.86. The van der Waals surface area contributed by atoms with E-state index in [0.717, 1.165) is 0 Å². The zero-order valence-electron chi connectivity index (χ0n) is 17.0. The second kappa shape index (κ2) is 9.10. The van der Waals surface area contributed by atoms with E-state index in [1.165, 1.54) is 18.5 Å². The number of nitrogens with zero attached hydrogens (tertiary/aromatic N) is 3. The number of nitrogens with two attached hydrogens (primary N) is 2. The molecule has 3 aromatic rings. The molecule has 0 radical (unpaired) electrons. The molecule has 12 heteroatoms. The Kier molecular flexibility index (Phi) is 6.51. The molecular formula is C19H24N8O3S. The van der Waals surface area contributed by atoms with Crippen LogP contribution < -0.4 is 21.5 Å². The number of allylic oxidation sites excluding steroid dienone is 1. The highest BCUT2D eigenvalue weighted by Gasteiger charge is 2.21. The van der Waals surface area contributed by atoms with Crippen LogP contribution in [0.1, 0.15) is 20.3 Å². The van der Waals surface area contributed by atoms with Crippen LogP contribution in [-0.4, -0.2) is 40.3 Å². The molecule has 2 aromatic heterocycles. The maximum absolute atomic E-state index is 11.6. The molecule has 1 amide bonds. The van der Waals surface area contributed by atoms with Crippen molar-refractivity contribution in [3.8, 4) is 0 Å². The van der Waals surface area contributed by atoms with E-state index in [-0.39, 0.29) is 29.2 Å². The molecule has 0 unspecified atom stereocenters. The first-order valence-corrected chi connectivity index (χ1v) is 11.0. The number of imidazole rings is 1. The lowest BCUT2D eigenvalue weighted by Crippen LogP contribution is -2.32. The number of carbonyl (C=O) groups is 1. The molecule has 7 N–H and O–H groups in total. The summed E-state index contributed by atoms with van der Waals surface area (Å²) in [7, 11) is -3.85. The Balaban J connectivity index is 1.96. The normalized spacial score (nSPS) is 13.9. The molecule has 0 spiro atoms. The molecule has 31 heavy (non-hydrogen) atoms. The minimum Gasteiger partial charge on any atom is -0.370 e. The van der Waals surface area contributed by atoms with Gasteiger partial charge < -0.3 is 21.4 Å². The minimum absolute atomic E-state index is 0.00621. The van der Waals surface area contributed by atoms with Gasteiger partial charge in [-0.3, -0.25) is 4.79 Å². The molecular weight excluding hydrogens is 420 g/mol. The van der Waals surface area contributed by atoms with E-state index in [9.17, 15) is 13.2 Å². The number of benzene rings is 1. The fourth-order valence-electron chi connectivity index (χ4n) is 3.07. The first kappa shape index (κ1) is 22.2. The predicted octanol–water partition coefficient (Wildman–Crippen LogP) is 1.61. The van der Waals surface area contributed by atoms with Gasteiger partial charge in [0.2, 0.25) is 21.9 Å². The van der Waals surface area contributed by atoms with Crippen LogP contribution in [0.4, 0.5) is 17.5 Å². The molecule has 0 aliphatic rings. The average Bonchev–Trinajstić information content (AvgIpc) is 3.16. The zero-order valence-corrected chi connectivity index (χ0v) is 17.8. The van der Waals surface area contributed by atoms with Gasteiger partial charge in [0, 0.05) is 18.2 Å². The summed E-state index contributed by atoms with van der Waals surface area (Å²) in [5, 5.41) is 11.4. The summed E-state index contributed by atoms with van der Waals surface area (Å²) in [5.74, 6) is 0.163. The van der Waals surface area contributed by atoms with Crippen LogP contribution in [0.3, 0.4) is 0 Å². The van der Waals surface area contributed by atoms with Gasteiger partial charge in [-0.15, -0.1) is 0 Å². The van der Waals surface area contributed by atoms with Crippen LogP contribution in [0.2, 0.25) is 0 Å². The highest BCUT2D eigenvalue weighted by Crippen LogP contribution is 2.24. The number of fused-ring (bicyclic) bond motifs is 1. The quantitative estimate of drug-likeness (QED) is 0.308. The summed E-state index contributed by atoms with van der Waals surface area (Å²) in [4.78, 5) is 27.5. The third-order valence-electron chi connectivity index (χ3n) is 4.58. The molecule has 2 atom stereocenters. The number of aromatic amines is 1. The number of anilines is 3. The third kappa shape index (κ3) is 5.55. The van der Waals surface area contributed by atoms with Crippen molar-refractivity contribution in [1.29, 1.82) is 0 Å². The summed E-state index contributed by atoms with van der Waals surface area (Å²) in [6.07, 6.45) is 5.44. The van der Waals surface area contributed by atoms with E-state index >= 15 is 0 Å². The van der Waals surface area contributed by atoms with E-state index in [1.807, 2.05) is 26.0 Å². The number of sulfonamides is 1. The molecule has 11 nitrogen and oxygen atoms in total. The Labute approximate surface area is 179 Å². The number of primary sulfonamides is 1. The van der Waals surface area contributed by atoms with Crippen molar-refractivity contribution >= 4 is 44.5 Å². The largest absolute Gasteiger partial charge is 0.370 e. The van der Waals surface area contributed by atoms with Crippen LogP contribution in [0.25, 0.3) is 11.2 Å². The fraction of sp³-hybridized carbons (Fsp3) is 0.263. The second-order valence-corrected chi connectivity index (χ2v) is 8.56. The number of primary amides is 1. The monoisotopic (exact) mass is 444 g/mol. The van der Waals surface area contributed by atoms with Crippen LogP contribution in [-0.2, 0) is 14.8 Å². The summed E-state index contributed by atoms with van der Waals surface area (Å²) >= 11 is 0. The molecule has 2 heterocycles. The van der Waals surface area contributed by atoms with E-state index in [1.54, 1.807) is 12.1 Å². The number of carbonyl (C=O) groups excluding carboxylic acids is 1. The smallest absolute Gasteiger partial charge is 0.238 e. The predicted molar refractivity (Wildman–Crippen MR) is 118 cm³/mol. The SMILES string of the molecule is C/C=C\[C@@H](C)[C@H](CC(N)=O)Nc1nc(Nc2cccc(S(N)(=O)=O)c2)nc2nc[nH]c12. The van der Waals surface area contributed by atoms with Crippen molar-refractivity contribution < 1.29 is 13.2 Å². The van der Waals surface area contributed by atoms with Gasteiger partial charge in [0.15, 0.2) is 11.5 Å². The Morgan fingerprint density at radius 2 is 2.10 bits per heavy atom. The number of aromatic nitrogens is 4. The Hall–Kier alpha value is -3.51. The summed E-state index contributed by atoms with van der Waals surface area (Å²) < 4.78 is 23.2. The van der Waals surface area contributed by atoms with E-state index < -0.39 is 15.9 Å². The number of hydrogen-bond acceptors (Lipinski definition) is 8. The molecule has 0 aliphatic carbocycles. The standard InChI is InChI=1S/C19H24N8O3S/c1-3-5-11(2)14(9-15(20)28)25-18-16-17(23-10-22-16)26-19(27-18)24-12-6-4-7-13(8-12)31(21,29)30/h3-8,10-11,14H,9H2,1-2H3,(H2,20,28)(H2,21,29,30)(H3,22,23,24,25,26,27)/b5-3-/t11-,14+/m1/s1. The average molecular weight is 445 g/mol. The zero-order chi connectivity index (χ0) is 22.6. The first-order chi connectivity index (χ1) is 14.7. The number of amides is 1. The van der Waals surface area contributed by atoms with Crippen LogP contribution in [0.15, 0.2) is 47.6 Å². The van der Waals surface area contributed by atoms with E-state index in [4.69, 9.17) is 10.9 Å². The molecule has 0 saturated carbocycles. The Morgan fingerprint density at radius 1 is 1.32 bits per heavy atom. The summed E-state index contributed by atoms with van der Waals surface area (Å²) in [5.41, 5.74) is 6.81. The molecule has 0 saturated heterocycles. The van der Waals surface area contributed by atoms with Gasteiger partial charge in [-0.25, -0.2) is 18.5 Å². The molecule has 0 fully saturated rings. The molecule has 1 aromatic carbocycles. The maximum atomic E-state index is 11.6.